The summed E-state index contributed by atoms with van der Waals surface area (Å²) in [7, 11) is 0. The lowest BCUT2D eigenvalue weighted by atomic mass is 9.76. The number of benzene rings is 1. The minimum Gasteiger partial charge on any atom is -0.387 e. The number of hydrogen-bond acceptors (Lipinski definition) is 10. The molecule has 48 heavy (non-hydrogen) atoms. The van der Waals surface area contributed by atoms with E-state index in [9.17, 15) is 15.5 Å². The van der Waals surface area contributed by atoms with Gasteiger partial charge >= 0.3 is 0 Å². The molecule has 1 aliphatic heterocycles. The molecule has 1 saturated heterocycles. The molecule has 6 rings (SSSR count). The van der Waals surface area contributed by atoms with E-state index in [4.69, 9.17) is 15.5 Å². The highest BCUT2D eigenvalue weighted by atomic mass is 16.6. The average Bonchev–Trinajstić information content (AvgIpc) is 3.70. The maximum absolute atomic E-state index is 11.2. The molecule has 12 heteroatoms. The molecule has 2 aliphatic rings. The standard InChI is InChI=1S/C36H51N9O3/c1-21(2)44(25-14-22(15-25)8-11-29-42-26-10-9-24(36(3,4)5)16-27(26)43-29)19-28-31(46)32(47)35(48-28)45-18-23(17-38)30-33(39-13-7-6-12-37)40-20-41-34(30)45/h9-10,16,18,20-22,25,28,31-32,35,46-47H,6-8,11-15,19,37H2,1-5H3,(H,42,43)(H,39,40,41)/t22?,25?,28-,31+,32+,35-/m1/s1. The van der Waals surface area contributed by atoms with E-state index in [1.54, 1.807) is 10.8 Å². The molecule has 4 aromatic rings. The maximum Gasteiger partial charge on any atom is 0.164 e. The van der Waals surface area contributed by atoms with E-state index in [2.05, 4.69) is 84.1 Å². The van der Waals surface area contributed by atoms with E-state index >= 15 is 0 Å². The Morgan fingerprint density at radius 3 is 2.69 bits per heavy atom. The average molecular weight is 658 g/mol. The molecule has 2 fully saturated rings. The van der Waals surface area contributed by atoms with Gasteiger partial charge in [-0.1, -0.05) is 26.8 Å². The number of imidazole rings is 1. The van der Waals surface area contributed by atoms with Crippen LogP contribution in [-0.2, 0) is 16.6 Å². The van der Waals surface area contributed by atoms with Crippen LogP contribution >= 0.6 is 0 Å². The number of aromatic nitrogens is 5. The zero-order valence-corrected chi connectivity index (χ0v) is 28.9. The number of H-pyrrole nitrogens is 1. The van der Waals surface area contributed by atoms with E-state index in [1.807, 2.05) is 0 Å². The molecule has 0 bridgehead atoms. The van der Waals surface area contributed by atoms with Gasteiger partial charge in [0.2, 0.25) is 0 Å². The Labute approximate surface area is 282 Å². The van der Waals surface area contributed by atoms with Gasteiger partial charge in [-0.3, -0.25) is 4.90 Å². The molecule has 258 valence electrons. The Balaban J connectivity index is 1.08. The monoisotopic (exact) mass is 657 g/mol. The molecular weight excluding hydrogens is 606 g/mol. The summed E-state index contributed by atoms with van der Waals surface area (Å²) >= 11 is 0. The fourth-order valence-electron chi connectivity index (χ4n) is 7.26. The molecule has 1 aromatic carbocycles. The van der Waals surface area contributed by atoms with Crippen molar-refractivity contribution in [1.82, 2.24) is 29.4 Å². The number of nitrogens with two attached hydrogens (primary N) is 1. The van der Waals surface area contributed by atoms with Crippen LogP contribution in [0, 0.1) is 17.2 Å². The number of anilines is 1. The number of unbranched alkanes of at least 4 members (excludes halogenated alkanes) is 1. The van der Waals surface area contributed by atoms with Crippen molar-refractivity contribution in [1.29, 1.82) is 5.26 Å². The Morgan fingerprint density at radius 2 is 1.98 bits per heavy atom. The Bertz CT molecular complexity index is 1750. The highest BCUT2D eigenvalue weighted by Crippen LogP contribution is 2.39. The van der Waals surface area contributed by atoms with Gasteiger partial charge in [0, 0.05) is 37.8 Å². The number of fused-ring (bicyclic) bond motifs is 2. The molecule has 0 unspecified atom stereocenters. The van der Waals surface area contributed by atoms with Crippen LogP contribution in [0.4, 0.5) is 5.82 Å². The number of aryl methyl sites for hydroxylation is 1. The van der Waals surface area contributed by atoms with Crippen LogP contribution in [-0.4, -0.2) is 89.6 Å². The van der Waals surface area contributed by atoms with E-state index in [-0.39, 0.29) is 11.5 Å². The van der Waals surface area contributed by atoms with Gasteiger partial charge in [-0.15, -0.1) is 0 Å². The number of hydrogen-bond donors (Lipinski definition) is 5. The molecule has 0 amide bonds. The summed E-state index contributed by atoms with van der Waals surface area (Å²) in [4.78, 5) is 19.6. The second-order valence-electron chi connectivity index (χ2n) is 14.9. The number of aromatic amines is 1. The fourth-order valence-corrected chi connectivity index (χ4v) is 7.26. The van der Waals surface area contributed by atoms with Crippen molar-refractivity contribution >= 4 is 27.9 Å². The van der Waals surface area contributed by atoms with Crippen LogP contribution in [0.3, 0.4) is 0 Å². The molecule has 4 atom stereocenters. The van der Waals surface area contributed by atoms with E-state index in [0.717, 1.165) is 55.4 Å². The fraction of sp³-hybridized carbons (Fsp3) is 0.611. The molecule has 3 aromatic heterocycles. The molecule has 0 spiro atoms. The summed E-state index contributed by atoms with van der Waals surface area (Å²) in [6.45, 7) is 12.8. The Kier molecular flexibility index (Phi) is 10.1. The highest BCUT2D eigenvalue weighted by molar-refractivity contribution is 5.93. The lowest BCUT2D eigenvalue weighted by Crippen LogP contribution is -2.52. The summed E-state index contributed by atoms with van der Waals surface area (Å²) in [5, 5.41) is 36.2. The van der Waals surface area contributed by atoms with Crippen molar-refractivity contribution in [2.24, 2.45) is 11.7 Å². The number of ether oxygens (including phenoxy) is 1. The molecular formula is C36H51N9O3. The number of nitriles is 1. The number of nitrogens with zero attached hydrogens (tertiary/aromatic N) is 6. The van der Waals surface area contributed by atoms with E-state index in [0.29, 0.717) is 54.0 Å². The predicted octanol–water partition coefficient (Wildman–Crippen LogP) is 4.37. The topological polar surface area (TPSA) is 174 Å². The summed E-state index contributed by atoms with van der Waals surface area (Å²) in [6.07, 6.45) is 5.21. The molecule has 1 aliphatic carbocycles. The summed E-state index contributed by atoms with van der Waals surface area (Å²) < 4.78 is 8.05. The summed E-state index contributed by atoms with van der Waals surface area (Å²) in [5.74, 6) is 2.20. The lowest BCUT2D eigenvalue weighted by molar-refractivity contribution is -0.0618. The summed E-state index contributed by atoms with van der Waals surface area (Å²) in [5.41, 5.74) is 9.98. The third-order valence-corrected chi connectivity index (χ3v) is 10.2. The van der Waals surface area contributed by atoms with E-state index < -0.39 is 24.5 Å². The Hall–Kier alpha value is -3.60. The molecule has 0 radical (unpaired) electrons. The van der Waals surface area contributed by atoms with Crippen molar-refractivity contribution in [2.75, 3.05) is 25.0 Å². The highest BCUT2D eigenvalue weighted by Gasteiger charge is 2.46. The molecule has 1 saturated carbocycles. The first-order chi connectivity index (χ1) is 23.0. The smallest absolute Gasteiger partial charge is 0.164 e. The minimum atomic E-state index is -1.18. The largest absolute Gasteiger partial charge is 0.387 e. The number of nitrogens with one attached hydrogen (secondary N) is 2. The van der Waals surface area contributed by atoms with Crippen LogP contribution in [0.2, 0.25) is 0 Å². The summed E-state index contributed by atoms with van der Waals surface area (Å²) in [6, 6.07) is 9.39. The SMILES string of the molecule is CC(C)N(C[C@H]1O[C@@H](n2cc(C#N)c3c(NCCCCN)ncnc32)[C@@H](O)[C@H]1O)C1CC(CCc2nc3cc(C(C)(C)C)ccc3[nH]2)C1. The zero-order chi connectivity index (χ0) is 34.2. The van der Waals surface area contributed by atoms with E-state index in [1.165, 1.54) is 11.9 Å². The van der Waals surface area contributed by atoms with Gasteiger partial charge in [-0.2, -0.15) is 5.26 Å². The lowest BCUT2D eigenvalue weighted by Gasteiger charge is -2.46. The van der Waals surface area contributed by atoms with Gasteiger partial charge in [0.15, 0.2) is 6.23 Å². The van der Waals surface area contributed by atoms with Crippen molar-refractivity contribution < 1.29 is 14.9 Å². The third-order valence-electron chi connectivity index (χ3n) is 10.2. The van der Waals surface area contributed by atoms with Gasteiger partial charge in [-0.05, 0) is 81.5 Å². The van der Waals surface area contributed by atoms with Crippen molar-refractivity contribution in [3.8, 4) is 6.07 Å². The first kappa shape index (κ1) is 34.3. The molecule has 12 nitrogen and oxygen atoms in total. The first-order valence-electron chi connectivity index (χ1n) is 17.4. The quantitative estimate of drug-likeness (QED) is 0.130. The van der Waals surface area contributed by atoms with Crippen molar-refractivity contribution in [3.05, 3.63) is 47.7 Å². The number of aliphatic hydroxyl groups is 2. The molecule has 6 N–H and O–H groups in total. The second kappa shape index (κ2) is 14.1. The van der Waals surface area contributed by atoms with Gasteiger partial charge in [0.05, 0.1) is 22.0 Å². The third kappa shape index (κ3) is 6.93. The van der Waals surface area contributed by atoms with Crippen LogP contribution in [0.25, 0.3) is 22.1 Å². The molecule has 4 heterocycles. The second-order valence-corrected chi connectivity index (χ2v) is 14.9. The zero-order valence-electron chi connectivity index (χ0n) is 28.9. The number of aliphatic hydroxyl groups excluding tert-OH is 2. The van der Waals surface area contributed by atoms with Crippen LogP contribution in [0.5, 0.6) is 0 Å². The number of rotatable bonds is 13. The van der Waals surface area contributed by atoms with Crippen LogP contribution in [0.1, 0.15) is 89.9 Å². The van der Waals surface area contributed by atoms with Crippen LogP contribution < -0.4 is 11.1 Å². The first-order valence-corrected chi connectivity index (χ1v) is 17.4. The maximum atomic E-state index is 11.2. The van der Waals surface area contributed by atoms with Gasteiger partial charge in [0.25, 0.3) is 0 Å². The normalized spacial score (nSPS) is 24.5. The van der Waals surface area contributed by atoms with Gasteiger partial charge in [0.1, 0.15) is 48.0 Å². The predicted molar refractivity (Wildman–Crippen MR) is 186 cm³/mol. The van der Waals surface area contributed by atoms with Crippen LogP contribution in [0.15, 0.2) is 30.7 Å². The van der Waals surface area contributed by atoms with Gasteiger partial charge < -0.3 is 35.6 Å². The Morgan fingerprint density at radius 1 is 1.19 bits per heavy atom. The van der Waals surface area contributed by atoms with Gasteiger partial charge in [-0.25, -0.2) is 15.0 Å². The van der Waals surface area contributed by atoms with Crippen molar-refractivity contribution in [3.63, 3.8) is 0 Å². The minimum absolute atomic E-state index is 0.0909. The van der Waals surface area contributed by atoms with Crippen molar-refractivity contribution in [2.45, 2.75) is 115 Å².